The Balaban J connectivity index is 2.77. The third-order valence-electron chi connectivity index (χ3n) is 2.46. The summed E-state index contributed by atoms with van der Waals surface area (Å²) in [6.45, 7) is 2.30. The first-order chi connectivity index (χ1) is 8.99. The zero-order valence-electron chi connectivity index (χ0n) is 10.6. The van der Waals surface area contributed by atoms with Gasteiger partial charge in [0, 0.05) is 17.1 Å². The van der Waals surface area contributed by atoms with E-state index in [4.69, 9.17) is 34.8 Å². The topological polar surface area (TPSA) is 38.3 Å². The van der Waals surface area contributed by atoms with Crippen LogP contribution in [0.4, 0.5) is 5.69 Å². The second-order valence-electron chi connectivity index (χ2n) is 3.70. The summed E-state index contributed by atoms with van der Waals surface area (Å²) in [4.78, 5) is 11.4. The first kappa shape index (κ1) is 16.2. The highest BCUT2D eigenvalue weighted by Gasteiger charge is 2.08. The Morgan fingerprint density at radius 1 is 1.32 bits per heavy atom. The van der Waals surface area contributed by atoms with Gasteiger partial charge in [0.1, 0.15) is 0 Å². The van der Waals surface area contributed by atoms with Crippen molar-refractivity contribution in [1.82, 2.24) is 0 Å². The van der Waals surface area contributed by atoms with Crippen LogP contribution >= 0.6 is 34.8 Å². The summed E-state index contributed by atoms with van der Waals surface area (Å²) in [5.41, 5.74) is 1.18. The van der Waals surface area contributed by atoms with Crippen LogP contribution in [-0.2, 0) is 9.53 Å². The molecule has 0 unspecified atom stereocenters. The van der Waals surface area contributed by atoms with Gasteiger partial charge in [0.15, 0.2) is 0 Å². The summed E-state index contributed by atoms with van der Waals surface area (Å²) in [6.07, 6.45) is 2.34. The van der Waals surface area contributed by atoms with Crippen LogP contribution in [0.5, 0.6) is 0 Å². The normalized spacial score (nSPS) is 11.3. The van der Waals surface area contributed by atoms with Crippen LogP contribution in [0.1, 0.15) is 13.3 Å². The van der Waals surface area contributed by atoms with E-state index in [1.165, 1.54) is 7.11 Å². The molecule has 0 spiro atoms. The van der Waals surface area contributed by atoms with Crippen molar-refractivity contribution in [2.75, 3.05) is 19.0 Å². The smallest absolute Gasteiger partial charge is 0.333 e. The number of nitrogens with one attached hydrogen (secondary N) is 1. The number of anilines is 1. The molecule has 0 aliphatic heterocycles. The van der Waals surface area contributed by atoms with E-state index in [1.807, 2.05) is 6.92 Å². The molecule has 0 aliphatic carbocycles. The van der Waals surface area contributed by atoms with Gasteiger partial charge in [0.25, 0.3) is 0 Å². The number of methoxy groups -OCH3 is 1. The third-order valence-corrected chi connectivity index (χ3v) is 3.28. The van der Waals surface area contributed by atoms with Gasteiger partial charge in [-0.1, -0.05) is 47.8 Å². The highest BCUT2D eigenvalue weighted by molar-refractivity contribution is 6.41. The zero-order valence-corrected chi connectivity index (χ0v) is 12.9. The van der Waals surface area contributed by atoms with Gasteiger partial charge in [-0.2, -0.15) is 0 Å². The zero-order chi connectivity index (χ0) is 14.4. The van der Waals surface area contributed by atoms with E-state index in [0.717, 1.165) is 0 Å². The minimum Gasteiger partial charge on any atom is -0.466 e. The minimum atomic E-state index is -0.336. The van der Waals surface area contributed by atoms with Gasteiger partial charge in [0.2, 0.25) is 0 Å². The summed E-state index contributed by atoms with van der Waals surface area (Å²) in [5, 5.41) is 4.38. The molecule has 0 amide bonds. The molecule has 1 aromatic carbocycles. The molecule has 3 nitrogen and oxygen atoms in total. The fraction of sp³-hybridized carbons (Fsp3) is 0.308. The summed E-state index contributed by atoms with van der Waals surface area (Å²) in [5.74, 6) is -0.336. The van der Waals surface area contributed by atoms with Crippen molar-refractivity contribution in [2.45, 2.75) is 13.3 Å². The average molecular weight is 323 g/mol. The number of hydrogen-bond acceptors (Lipinski definition) is 3. The van der Waals surface area contributed by atoms with E-state index in [1.54, 1.807) is 18.2 Å². The lowest BCUT2D eigenvalue weighted by Crippen LogP contribution is -2.07. The molecule has 0 radical (unpaired) electrons. The van der Waals surface area contributed by atoms with Crippen LogP contribution in [-0.4, -0.2) is 19.6 Å². The quantitative estimate of drug-likeness (QED) is 0.637. The van der Waals surface area contributed by atoms with Gasteiger partial charge in [0.05, 0.1) is 22.8 Å². The Bertz CT molecular complexity index is 478. The van der Waals surface area contributed by atoms with Gasteiger partial charge in [-0.3, -0.25) is 0 Å². The molecule has 0 fully saturated rings. The van der Waals surface area contributed by atoms with Crippen molar-refractivity contribution >= 4 is 46.5 Å². The van der Waals surface area contributed by atoms with Gasteiger partial charge >= 0.3 is 5.97 Å². The summed E-state index contributed by atoms with van der Waals surface area (Å²) in [7, 11) is 1.35. The predicted molar refractivity (Wildman–Crippen MR) is 80.4 cm³/mol. The molecular formula is C13H14Cl3NO2. The van der Waals surface area contributed by atoms with Crippen LogP contribution in [0, 0.1) is 0 Å². The number of benzene rings is 1. The van der Waals surface area contributed by atoms with Crippen molar-refractivity contribution in [3.63, 3.8) is 0 Å². The van der Waals surface area contributed by atoms with Crippen molar-refractivity contribution in [1.29, 1.82) is 0 Å². The standard InChI is InChI=1S/C13H14Cl3NO2/c1-3-8(13(18)19-2)4-5-17-12-10(15)6-9(14)7-11(12)16/h4,6-7,17H,3,5H2,1-2H3. The maximum absolute atomic E-state index is 11.4. The van der Waals surface area contributed by atoms with Crippen molar-refractivity contribution < 1.29 is 9.53 Å². The van der Waals surface area contributed by atoms with E-state index in [2.05, 4.69) is 10.1 Å². The van der Waals surface area contributed by atoms with E-state index < -0.39 is 0 Å². The lowest BCUT2D eigenvalue weighted by Gasteiger charge is -2.10. The molecule has 0 aromatic heterocycles. The van der Waals surface area contributed by atoms with E-state index in [9.17, 15) is 4.79 Å². The Morgan fingerprint density at radius 3 is 2.37 bits per heavy atom. The van der Waals surface area contributed by atoms with E-state index in [0.29, 0.717) is 39.3 Å². The lowest BCUT2D eigenvalue weighted by molar-refractivity contribution is -0.136. The van der Waals surface area contributed by atoms with E-state index in [-0.39, 0.29) is 5.97 Å². The molecule has 0 heterocycles. The highest BCUT2D eigenvalue weighted by Crippen LogP contribution is 2.33. The summed E-state index contributed by atoms with van der Waals surface area (Å²) < 4.78 is 4.66. The Kier molecular flexibility index (Phi) is 6.49. The Labute approximate surface area is 127 Å². The fourth-order valence-corrected chi connectivity index (χ4v) is 2.44. The van der Waals surface area contributed by atoms with Gasteiger partial charge in [-0.15, -0.1) is 0 Å². The Morgan fingerprint density at radius 2 is 1.89 bits per heavy atom. The number of carbonyl (C=O) groups excluding carboxylic acids is 1. The summed E-state index contributed by atoms with van der Waals surface area (Å²) >= 11 is 17.9. The first-order valence-corrected chi connectivity index (χ1v) is 6.78. The number of carbonyl (C=O) groups is 1. The van der Waals surface area contributed by atoms with Crippen LogP contribution < -0.4 is 5.32 Å². The molecule has 0 atom stereocenters. The number of ether oxygens (including phenoxy) is 1. The molecule has 6 heteroatoms. The number of rotatable bonds is 5. The molecule has 0 aliphatic rings. The third kappa shape index (κ3) is 4.60. The molecule has 1 aromatic rings. The molecule has 1 N–H and O–H groups in total. The maximum Gasteiger partial charge on any atom is 0.333 e. The van der Waals surface area contributed by atoms with Crippen molar-refractivity contribution in [2.24, 2.45) is 0 Å². The number of esters is 1. The fourth-order valence-electron chi connectivity index (χ4n) is 1.49. The molecule has 0 bridgehead atoms. The van der Waals surface area contributed by atoms with Crippen molar-refractivity contribution in [3.8, 4) is 0 Å². The largest absolute Gasteiger partial charge is 0.466 e. The molecular weight excluding hydrogens is 309 g/mol. The number of hydrogen-bond donors (Lipinski definition) is 1. The molecule has 104 valence electrons. The summed E-state index contributed by atoms with van der Waals surface area (Å²) in [6, 6.07) is 3.20. The molecule has 0 saturated heterocycles. The number of halogens is 3. The van der Waals surface area contributed by atoms with Crippen LogP contribution in [0.3, 0.4) is 0 Å². The molecule has 0 saturated carbocycles. The van der Waals surface area contributed by atoms with Crippen LogP contribution in [0.15, 0.2) is 23.8 Å². The lowest BCUT2D eigenvalue weighted by atomic mass is 10.2. The predicted octanol–water partition coefficient (Wildman–Crippen LogP) is 4.57. The van der Waals surface area contributed by atoms with Gasteiger partial charge in [-0.05, 0) is 18.6 Å². The second-order valence-corrected chi connectivity index (χ2v) is 4.95. The van der Waals surface area contributed by atoms with E-state index >= 15 is 0 Å². The highest BCUT2D eigenvalue weighted by atomic mass is 35.5. The maximum atomic E-state index is 11.4. The van der Waals surface area contributed by atoms with Gasteiger partial charge < -0.3 is 10.1 Å². The van der Waals surface area contributed by atoms with Crippen LogP contribution in [0.2, 0.25) is 15.1 Å². The minimum absolute atomic E-state index is 0.336. The SMILES string of the molecule is CCC(=CCNc1c(Cl)cc(Cl)cc1Cl)C(=O)OC. The van der Waals surface area contributed by atoms with Crippen molar-refractivity contribution in [3.05, 3.63) is 38.8 Å². The average Bonchev–Trinajstić information content (AvgIpc) is 2.36. The van der Waals surface area contributed by atoms with Crippen LogP contribution in [0.25, 0.3) is 0 Å². The molecule has 1 rings (SSSR count). The second kappa shape index (κ2) is 7.63. The Hall–Kier alpha value is -0.900. The van der Waals surface area contributed by atoms with Gasteiger partial charge in [-0.25, -0.2) is 4.79 Å². The first-order valence-electron chi connectivity index (χ1n) is 5.65. The monoisotopic (exact) mass is 321 g/mol. The molecule has 19 heavy (non-hydrogen) atoms.